The second-order valence-corrected chi connectivity index (χ2v) is 7.91. The van der Waals surface area contributed by atoms with Gasteiger partial charge in [0.1, 0.15) is 4.21 Å². The summed E-state index contributed by atoms with van der Waals surface area (Å²) >= 11 is 2.80. The molecule has 0 aromatic carbocycles. The third-order valence-electron chi connectivity index (χ3n) is 2.61. The lowest BCUT2D eigenvalue weighted by Crippen LogP contribution is -2.36. The largest absolute Gasteiger partial charge is 0.352 e. The fourth-order valence-corrected chi connectivity index (χ4v) is 3.96. The maximum absolute atomic E-state index is 11.2. The van der Waals surface area contributed by atoms with Gasteiger partial charge in [0.15, 0.2) is 5.96 Å². The molecule has 0 radical (unpaired) electrons. The molecule has 0 fully saturated rings. The third kappa shape index (κ3) is 5.83. The van der Waals surface area contributed by atoms with Crippen molar-refractivity contribution in [3.63, 3.8) is 0 Å². The summed E-state index contributed by atoms with van der Waals surface area (Å²) in [5.74, 6) is 0.659. The fourth-order valence-electron chi connectivity index (χ4n) is 1.58. The zero-order chi connectivity index (χ0) is 15.3. The highest BCUT2D eigenvalue weighted by atomic mass is 127. The second kappa shape index (κ2) is 8.82. The van der Waals surface area contributed by atoms with Crippen LogP contribution in [0.4, 0.5) is 0 Å². The number of guanidine groups is 1. The molecule has 0 aliphatic rings. The maximum atomic E-state index is 11.2. The minimum Gasteiger partial charge on any atom is -0.352 e. The molecule has 0 aliphatic heterocycles. The van der Waals surface area contributed by atoms with Crippen LogP contribution in [0.2, 0.25) is 0 Å². The number of halogens is 1. The standard InChI is InChI=1S/C12H16N4O2S3.HI/c1-14-12(15-6-9-4-5-19-8-9)16-7-10-2-3-11(20-10)21(13,17)18;/h2-5,8H,6-7H2,1H3,(H2,13,17,18)(H2,14,15,16);1H. The van der Waals surface area contributed by atoms with Gasteiger partial charge in [-0.05, 0) is 34.5 Å². The van der Waals surface area contributed by atoms with Crippen molar-refractivity contribution >= 4 is 62.6 Å². The van der Waals surface area contributed by atoms with Crippen molar-refractivity contribution < 1.29 is 8.42 Å². The Morgan fingerprint density at radius 1 is 1.27 bits per heavy atom. The summed E-state index contributed by atoms with van der Waals surface area (Å²) in [5.41, 5.74) is 1.19. The van der Waals surface area contributed by atoms with Gasteiger partial charge < -0.3 is 10.6 Å². The van der Waals surface area contributed by atoms with Gasteiger partial charge in [-0.3, -0.25) is 4.99 Å². The van der Waals surface area contributed by atoms with Gasteiger partial charge in [0.25, 0.3) is 0 Å². The highest BCUT2D eigenvalue weighted by Gasteiger charge is 2.11. The fraction of sp³-hybridized carbons (Fsp3) is 0.250. The number of nitrogens with zero attached hydrogens (tertiary/aromatic N) is 1. The Bertz CT molecular complexity index is 711. The zero-order valence-electron chi connectivity index (χ0n) is 11.8. The molecule has 0 bridgehead atoms. The molecule has 122 valence electrons. The van der Waals surface area contributed by atoms with Gasteiger partial charge in [-0.1, -0.05) is 0 Å². The maximum Gasteiger partial charge on any atom is 0.247 e. The van der Waals surface area contributed by atoms with Crippen LogP contribution in [-0.2, 0) is 23.1 Å². The van der Waals surface area contributed by atoms with Crippen molar-refractivity contribution in [2.75, 3.05) is 7.05 Å². The third-order valence-corrected chi connectivity index (χ3v) is 5.87. The van der Waals surface area contributed by atoms with E-state index in [9.17, 15) is 8.42 Å². The number of nitrogens with two attached hydrogens (primary N) is 1. The topological polar surface area (TPSA) is 96.6 Å². The van der Waals surface area contributed by atoms with E-state index >= 15 is 0 Å². The molecule has 22 heavy (non-hydrogen) atoms. The molecule has 0 spiro atoms. The van der Waals surface area contributed by atoms with Crippen molar-refractivity contribution in [3.8, 4) is 0 Å². The molecule has 0 atom stereocenters. The summed E-state index contributed by atoms with van der Waals surface area (Å²) in [6, 6.07) is 5.30. The van der Waals surface area contributed by atoms with E-state index in [0.29, 0.717) is 19.0 Å². The number of nitrogens with one attached hydrogen (secondary N) is 2. The van der Waals surface area contributed by atoms with Crippen molar-refractivity contribution in [3.05, 3.63) is 39.4 Å². The smallest absolute Gasteiger partial charge is 0.247 e. The zero-order valence-corrected chi connectivity index (χ0v) is 16.6. The Labute approximate surface area is 154 Å². The number of sulfonamides is 1. The van der Waals surface area contributed by atoms with E-state index in [1.54, 1.807) is 24.5 Å². The molecular formula is C12H17IN4O2S3. The number of hydrogen-bond acceptors (Lipinski definition) is 5. The highest BCUT2D eigenvalue weighted by Crippen LogP contribution is 2.19. The lowest BCUT2D eigenvalue weighted by Gasteiger charge is -2.10. The first-order valence-corrected chi connectivity index (χ1v) is 9.36. The summed E-state index contributed by atoms with van der Waals surface area (Å²) in [6.07, 6.45) is 0. The molecule has 0 aliphatic carbocycles. The van der Waals surface area contributed by atoms with Crippen molar-refractivity contribution in [1.82, 2.24) is 10.6 Å². The van der Waals surface area contributed by atoms with Crippen molar-refractivity contribution in [2.45, 2.75) is 17.3 Å². The van der Waals surface area contributed by atoms with Crippen LogP contribution in [0.15, 0.2) is 38.2 Å². The molecular weight excluding hydrogens is 455 g/mol. The van der Waals surface area contributed by atoms with E-state index in [2.05, 4.69) is 21.0 Å². The molecule has 2 aromatic heterocycles. The van der Waals surface area contributed by atoms with Gasteiger partial charge >= 0.3 is 0 Å². The number of thiophene rings is 2. The highest BCUT2D eigenvalue weighted by molar-refractivity contribution is 14.0. The van der Waals surface area contributed by atoms with Gasteiger partial charge in [-0.15, -0.1) is 35.3 Å². The molecule has 10 heteroatoms. The average molecular weight is 472 g/mol. The van der Waals surface area contributed by atoms with E-state index in [0.717, 1.165) is 16.2 Å². The Morgan fingerprint density at radius 3 is 2.55 bits per heavy atom. The van der Waals surface area contributed by atoms with E-state index in [4.69, 9.17) is 5.14 Å². The van der Waals surface area contributed by atoms with Crippen LogP contribution in [0.25, 0.3) is 0 Å². The first-order chi connectivity index (χ1) is 9.99. The second-order valence-electron chi connectivity index (χ2n) is 4.18. The number of aliphatic imine (C=N–C) groups is 1. The molecule has 6 nitrogen and oxygen atoms in total. The minimum atomic E-state index is -3.62. The molecule has 0 saturated carbocycles. The summed E-state index contributed by atoms with van der Waals surface area (Å²) in [4.78, 5) is 4.99. The van der Waals surface area contributed by atoms with E-state index < -0.39 is 10.0 Å². The Hall–Kier alpha value is -0.690. The van der Waals surface area contributed by atoms with Gasteiger partial charge in [0.05, 0.1) is 6.54 Å². The van der Waals surface area contributed by atoms with Crippen LogP contribution in [0.1, 0.15) is 10.4 Å². The predicted molar refractivity (Wildman–Crippen MR) is 102 cm³/mol. The van der Waals surface area contributed by atoms with Crippen LogP contribution >= 0.6 is 46.7 Å². The van der Waals surface area contributed by atoms with E-state index in [1.165, 1.54) is 11.6 Å². The number of hydrogen-bond donors (Lipinski definition) is 3. The molecule has 2 aromatic rings. The summed E-state index contributed by atoms with van der Waals surface area (Å²) in [6.45, 7) is 1.18. The molecule has 2 rings (SSSR count). The quantitative estimate of drug-likeness (QED) is 0.352. The Balaban J connectivity index is 0.00000242. The van der Waals surface area contributed by atoms with Crippen molar-refractivity contribution in [2.24, 2.45) is 10.1 Å². The van der Waals surface area contributed by atoms with Crippen LogP contribution in [0.3, 0.4) is 0 Å². The first kappa shape index (κ1) is 19.4. The minimum absolute atomic E-state index is 0. The Morgan fingerprint density at radius 2 is 2.00 bits per heavy atom. The normalized spacial score (nSPS) is 11.8. The van der Waals surface area contributed by atoms with Crippen LogP contribution in [0.5, 0.6) is 0 Å². The molecule has 0 saturated heterocycles. The lowest BCUT2D eigenvalue weighted by atomic mass is 10.3. The number of primary sulfonamides is 1. The average Bonchev–Trinajstić information content (AvgIpc) is 3.09. The molecule has 4 N–H and O–H groups in total. The first-order valence-electron chi connectivity index (χ1n) is 6.06. The number of rotatable bonds is 5. The van der Waals surface area contributed by atoms with E-state index in [-0.39, 0.29) is 28.2 Å². The SMILES string of the molecule is CN=C(NCc1ccsc1)NCc1ccc(S(N)(=O)=O)s1.I. The van der Waals surface area contributed by atoms with Crippen LogP contribution in [-0.4, -0.2) is 21.4 Å². The van der Waals surface area contributed by atoms with Crippen molar-refractivity contribution in [1.29, 1.82) is 0 Å². The summed E-state index contributed by atoms with van der Waals surface area (Å²) in [7, 11) is -1.93. The van der Waals surface area contributed by atoms with Crippen LogP contribution in [0, 0.1) is 0 Å². The summed E-state index contributed by atoms with van der Waals surface area (Å²) < 4.78 is 22.6. The molecule has 0 amide bonds. The summed E-state index contributed by atoms with van der Waals surface area (Å²) in [5, 5.41) is 15.5. The van der Waals surface area contributed by atoms with Gasteiger partial charge in [-0.25, -0.2) is 13.6 Å². The van der Waals surface area contributed by atoms with E-state index in [1.807, 2.05) is 11.4 Å². The van der Waals surface area contributed by atoms with Crippen LogP contribution < -0.4 is 15.8 Å². The van der Waals surface area contributed by atoms with Gasteiger partial charge in [0.2, 0.25) is 10.0 Å². The van der Waals surface area contributed by atoms with Gasteiger partial charge in [-0.2, -0.15) is 11.3 Å². The monoisotopic (exact) mass is 472 g/mol. The predicted octanol–water partition coefficient (Wildman–Crippen LogP) is 1.94. The van der Waals surface area contributed by atoms with Gasteiger partial charge in [0, 0.05) is 18.5 Å². The molecule has 0 unspecified atom stereocenters. The Kier molecular flexibility index (Phi) is 7.76. The molecule has 2 heterocycles. The lowest BCUT2D eigenvalue weighted by molar-refractivity contribution is 0.600.